The molecule has 6 N–H and O–H groups in total. The minimum atomic E-state index is -1.02. The molecule has 0 saturated heterocycles. The van der Waals surface area contributed by atoms with E-state index in [2.05, 4.69) is 21.3 Å². The lowest BCUT2D eigenvalue weighted by Crippen LogP contribution is -2.53. The minimum absolute atomic E-state index is 0.0588. The molecule has 5 amide bonds. The Labute approximate surface area is 253 Å². The van der Waals surface area contributed by atoms with Crippen LogP contribution in [0.3, 0.4) is 0 Å². The second-order valence-electron chi connectivity index (χ2n) is 11.6. The van der Waals surface area contributed by atoms with Gasteiger partial charge in [-0.05, 0) is 55.2 Å². The van der Waals surface area contributed by atoms with Crippen molar-refractivity contribution < 1.29 is 38.7 Å². The summed E-state index contributed by atoms with van der Waals surface area (Å²) >= 11 is 0. The van der Waals surface area contributed by atoms with Gasteiger partial charge in [0.2, 0.25) is 23.6 Å². The molecule has 0 radical (unpaired) electrons. The van der Waals surface area contributed by atoms with Gasteiger partial charge in [-0.3, -0.25) is 24.4 Å². The van der Waals surface area contributed by atoms with Crippen molar-refractivity contribution in [2.75, 3.05) is 32.8 Å². The van der Waals surface area contributed by atoms with Crippen molar-refractivity contribution in [1.29, 1.82) is 0 Å². The van der Waals surface area contributed by atoms with Crippen molar-refractivity contribution in [2.24, 2.45) is 23.7 Å². The number of fused-ring (bicyclic) bond motifs is 11. The van der Waals surface area contributed by atoms with Crippen LogP contribution in [0.5, 0.6) is 5.75 Å². The van der Waals surface area contributed by atoms with Crippen molar-refractivity contribution in [3.8, 4) is 5.75 Å². The van der Waals surface area contributed by atoms with E-state index >= 15 is 0 Å². The molecule has 2 aliphatic rings. The fraction of sp³-hybridized carbons (Fsp3) is 0.633. The zero-order chi connectivity index (χ0) is 31.8. The van der Waals surface area contributed by atoms with Gasteiger partial charge in [-0.1, -0.05) is 39.8 Å². The van der Waals surface area contributed by atoms with Crippen LogP contribution in [0.4, 0.5) is 4.79 Å². The largest absolute Gasteiger partial charge is 0.494 e. The molecule has 1 aromatic carbocycles. The topological polar surface area (TPSA) is 184 Å². The van der Waals surface area contributed by atoms with Crippen LogP contribution in [0.15, 0.2) is 24.3 Å². The maximum Gasteiger partial charge on any atom is 0.407 e. The summed E-state index contributed by atoms with van der Waals surface area (Å²) in [5.41, 5.74) is 2.45. The Morgan fingerprint density at radius 2 is 1.70 bits per heavy atom. The maximum atomic E-state index is 13.6. The average Bonchev–Trinajstić information content (AvgIpc) is 2.97. The highest BCUT2D eigenvalue weighted by Gasteiger charge is 2.36. The molecule has 3 rings (SSSR count). The predicted octanol–water partition coefficient (Wildman–Crippen LogP) is 1.68. The summed E-state index contributed by atoms with van der Waals surface area (Å²) in [6, 6.07) is 6.12. The van der Waals surface area contributed by atoms with Crippen molar-refractivity contribution >= 4 is 29.7 Å². The minimum Gasteiger partial charge on any atom is -0.494 e. The number of ether oxygens (including phenoxy) is 2. The second-order valence-corrected chi connectivity index (χ2v) is 11.6. The van der Waals surface area contributed by atoms with Gasteiger partial charge < -0.3 is 30.7 Å². The van der Waals surface area contributed by atoms with Crippen LogP contribution in [0, 0.1) is 23.7 Å². The van der Waals surface area contributed by atoms with Crippen LogP contribution in [0.25, 0.3) is 0 Å². The summed E-state index contributed by atoms with van der Waals surface area (Å²) in [4.78, 5) is 63.4. The molecule has 0 spiro atoms. The van der Waals surface area contributed by atoms with Crippen molar-refractivity contribution in [1.82, 2.24) is 26.7 Å². The van der Waals surface area contributed by atoms with E-state index < -0.39 is 47.6 Å². The van der Waals surface area contributed by atoms with E-state index in [9.17, 15) is 29.2 Å². The van der Waals surface area contributed by atoms with E-state index in [1.807, 2.05) is 27.7 Å². The first kappa shape index (κ1) is 35.3. The molecule has 2 heterocycles. The summed E-state index contributed by atoms with van der Waals surface area (Å²) in [7, 11) is 0. The first-order valence-electron chi connectivity index (χ1n) is 14.9. The smallest absolute Gasteiger partial charge is 0.407 e. The molecule has 0 saturated carbocycles. The summed E-state index contributed by atoms with van der Waals surface area (Å²) in [6.45, 7) is 8.65. The summed E-state index contributed by atoms with van der Waals surface area (Å²) in [5.74, 6) is -2.85. The number of hydrogen-bond donors (Lipinski definition) is 6. The lowest BCUT2D eigenvalue weighted by molar-refractivity contribution is -0.142. The summed E-state index contributed by atoms with van der Waals surface area (Å²) < 4.78 is 10.8. The fourth-order valence-electron chi connectivity index (χ4n) is 4.65. The van der Waals surface area contributed by atoms with Gasteiger partial charge in [-0.15, -0.1) is 0 Å². The molecule has 0 unspecified atom stereocenters. The van der Waals surface area contributed by atoms with Gasteiger partial charge in [0.15, 0.2) is 0 Å². The molecular weight excluding hydrogens is 558 g/mol. The summed E-state index contributed by atoms with van der Waals surface area (Å²) in [5, 5.41) is 20.1. The molecule has 0 aromatic heterocycles. The third-order valence-corrected chi connectivity index (χ3v) is 6.84. The monoisotopic (exact) mass is 605 g/mol. The van der Waals surface area contributed by atoms with Gasteiger partial charge in [0.1, 0.15) is 11.8 Å². The van der Waals surface area contributed by atoms with E-state index in [1.165, 1.54) is 0 Å². The van der Waals surface area contributed by atoms with E-state index in [1.54, 1.807) is 29.7 Å². The van der Waals surface area contributed by atoms with E-state index in [-0.39, 0.29) is 31.3 Å². The Hall–Kier alpha value is -3.87. The number of carbonyl (C=O) groups excluding carboxylic acids is 5. The molecular formula is C30H47N5O8. The highest BCUT2D eigenvalue weighted by molar-refractivity contribution is 5.93. The Morgan fingerprint density at radius 1 is 1.00 bits per heavy atom. The summed E-state index contributed by atoms with van der Waals surface area (Å²) in [6.07, 6.45) is 1.22. The van der Waals surface area contributed by atoms with Crippen LogP contribution in [-0.2, 0) is 30.3 Å². The lowest BCUT2D eigenvalue weighted by Gasteiger charge is -2.28. The third kappa shape index (κ3) is 13.3. The van der Waals surface area contributed by atoms with E-state index in [0.717, 1.165) is 5.56 Å². The molecule has 1 aromatic rings. The Morgan fingerprint density at radius 3 is 2.35 bits per heavy atom. The SMILES string of the molecule is CC(C)COC(=O)NCCCNC(=O)CNC(=O)[C@@H]1Cc2ccc(cc2)OCCC[C@H](C(=O)NO)[C@@H](CC(C)C)C(=O)N1. The first-order valence-corrected chi connectivity index (χ1v) is 14.9. The Bertz CT molecular complexity index is 1060. The molecule has 3 atom stereocenters. The number of hydroxylamine groups is 1. The van der Waals surface area contributed by atoms with Crippen LogP contribution < -0.4 is 31.5 Å². The van der Waals surface area contributed by atoms with Gasteiger partial charge in [0.25, 0.3) is 0 Å². The first-order chi connectivity index (χ1) is 20.5. The number of hydrogen-bond acceptors (Lipinski definition) is 8. The standard InChI is InChI=1S/C30H47N5O8/c1-19(2)15-24-23(28(38)35-41)7-5-14-42-22-10-8-21(9-11-22)16-25(34-27(24)37)29(39)33-17-26(36)31-12-6-13-32-30(40)43-18-20(3)4/h8-11,19-20,23-25,41H,5-7,12-18H2,1-4H3,(H,31,36)(H,32,40)(H,33,39)(H,34,37)(H,35,38)/t23-,24+,25-/m0/s1. The highest BCUT2D eigenvalue weighted by Crippen LogP contribution is 2.27. The van der Waals surface area contributed by atoms with Crippen molar-refractivity contribution in [3.63, 3.8) is 0 Å². The number of nitrogens with one attached hydrogen (secondary N) is 5. The molecule has 2 aliphatic heterocycles. The highest BCUT2D eigenvalue weighted by atomic mass is 16.5. The zero-order valence-electron chi connectivity index (χ0n) is 25.6. The number of benzene rings is 1. The van der Waals surface area contributed by atoms with Gasteiger partial charge in [-0.25, -0.2) is 10.3 Å². The van der Waals surface area contributed by atoms with Gasteiger partial charge in [0.05, 0.1) is 25.7 Å². The van der Waals surface area contributed by atoms with Gasteiger partial charge >= 0.3 is 6.09 Å². The normalized spacial score (nSPS) is 19.0. The van der Waals surface area contributed by atoms with Crippen molar-refractivity contribution in [3.05, 3.63) is 29.8 Å². The predicted molar refractivity (Wildman–Crippen MR) is 158 cm³/mol. The van der Waals surface area contributed by atoms with Gasteiger partial charge in [0, 0.05) is 25.4 Å². The van der Waals surface area contributed by atoms with Crippen molar-refractivity contribution in [2.45, 2.75) is 65.8 Å². The zero-order valence-corrected chi connectivity index (χ0v) is 25.6. The molecule has 0 aliphatic carbocycles. The number of rotatable bonds is 12. The molecule has 13 heteroatoms. The fourth-order valence-corrected chi connectivity index (χ4v) is 4.65. The number of amides is 5. The lowest BCUT2D eigenvalue weighted by atomic mass is 9.81. The average molecular weight is 606 g/mol. The molecule has 240 valence electrons. The third-order valence-electron chi connectivity index (χ3n) is 6.84. The number of alkyl carbamates (subject to hydrolysis) is 1. The van der Waals surface area contributed by atoms with Gasteiger partial charge in [-0.2, -0.15) is 0 Å². The Balaban J connectivity index is 2.04. The quantitative estimate of drug-likeness (QED) is 0.118. The second kappa shape index (κ2) is 18.6. The van der Waals surface area contributed by atoms with Crippen LogP contribution >= 0.6 is 0 Å². The number of carbonyl (C=O) groups is 5. The molecule has 13 nitrogen and oxygen atoms in total. The van der Waals surface area contributed by atoms with E-state index in [4.69, 9.17) is 9.47 Å². The van der Waals surface area contributed by atoms with E-state index in [0.29, 0.717) is 51.2 Å². The van der Waals surface area contributed by atoms with Crippen LogP contribution in [0.1, 0.15) is 58.9 Å². The van der Waals surface area contributed by atoms with Crippen LogP contribution in [-0.4, -0.2) is 73.8 Å². The molecule has 43 heavy (non-hydrogen) atoms. The Kier molecular flexibility index (Phi) is 15.3. The van der Waals surface area contributed by atoms with Crippen LogP contribution in [0.2, 0.25) is 0 Å². The molecule has 0 fully saturated rings. The maximum absolute atomic E-state index is 13.6. The molecule has 2 bridgehead atoms.